The standard InChI is InChI=1S/C15H27N3O3/c1-18(12-6-10-16-11-7-12)14(21)17-15(13(19)20)8-4-2-3-5-9-15/h12,16H,2-11H2,1H3,(H,17,21)(H,19,20). The molecule has 1 aliphatic carbocycles. The summed E-state index contributed by atoms with van der Waals surface area (Å²) in [4.78, 5) is 25.9. The number of rotatable bonds is 3. The maximum absolute atomic E-state index is 12.5. The Kier molecular flexibility index (Phi) is 5.45. The summed E-state index contributed by atoms with van der Waals surface area (Å²) in [6.07, 6.45) is 6.74. The Morgan fingerprint density at radius 1 is 1.14 bits per heavy atom. The van der Waals surface area contributed by atoms with E-state index in [-0.39, 0.29) is 12.1 Å². The topological polar surface area (TPSA) is 81.7 Å². The number of urea groups is 1. The fourth-order valence-electron chi connectivity index (χ4n) is 3.38. The molecule has 120 valence electrons. The first-order valence-corrected chi connectivity index (χ1v) is 8.04. The van der Waals surface area contributed by atoms with Gasteiger partial charge in [0.25, 0.3) is 0 Å². The highest BCUT2D eigenvalue weighted by Gasteiger charge is 2.41. The van der Waals surface area contributed by atoms with Gasteiger partial charge in [-0.05, 0) is 38.8 Å². The van der Waals surface area contributed by atoms with Crippen molar-refractivity contribution in [2.24, 2.45) is 0 Å². The summed E-state index contributed by atoms with van der Waals surface area (Å²) in [7, 11) is 1.78. The van der Waals surface area contributed by atoms with Crippen LogP contribution in [0.3, 0.4) is 0 Å². The first-order chi connectivity index (χ1) is 10.1. The summed E-state index contributed by atoms with van der Waals surface area (Å²) >= 11 is 0. The van der Waals surface area contributed by atoms with E-state index in [1.54, 1.807) is 11.9 Å². The smallest absolute Gasteiger partial charge is 0.329 e. The molecule has 0 aromatic heterocycles. The first kappa shape index (κ1) is 16.1. The number of carbonyl (C=O) groups is 2. The molecule has 6 heteroatoms. The Hall–Kier alpha value is -1.30. The number of aliphatic carboxylic acids is 1. The highest BCUT2D eigenvalue weighted by molar-refractivity contribution is 5.86. The van der Waals surface area contributed by atoms with Crippen molar-refractivity contribution in [3.05, 3.63) is 0 Å². The molecule has 2 amide bonds. The van der Waals surface area contributed by atoms with Gasteiger partial charge in [-0.15, -0.1) is 0 Å². The van der Waals surface area contributed by atoms with E-state index in [1.807, 2.05) is 0 Å². The predicted molar refractivity (Wildman–Crippen MR) is 80.3 cm³/mol. The van der Waals surface area contributed by atoms with Gasteiger partial charge < -0.3 is 20.6 Å². The lowest BCUT2D eigenvalue weighted by molar-refractivity contribution is -0.145. The number of carbonyl (C=O) groups excluding carboxylic acids is 1. The molecule has 3 N–H and O–H groups in total. The molecule has 0 radical (unpaired) electrons. The monoisotopic (exact) mass is 297 g/mol. The van der Waals surface area contributed by atoms with Gasteiger partial charge in [-0.3, -0.25) is 0 Å². The van der Waals surface area contributed by atoms with Gasteiger partial charge in [0.1, 0.15) is 5.54 Å². The third kappa shape index (κ3) is 3.87. The number of carboxylic acids is 1. The highest BCUT2D eigenvalue weighted by atomic mass is 16.4. The van der Waals surface area contributed by atoms with Gasteiger partial charge in [-0.25, -0.2) is 9.59 Å². The number of nitrogens with one attached hydrogen (secondary N) is 2. The summed E-state index contributed by atoms with van der Waals surface area (Å²) < 4.78 is 0. The van der Waals surface area contributed by atoms with Crippen molar-refractivity contribution in [2.45, 2.75) is 62.9 Å². The van der Waals surface area contributed by atoms with Crippen LogP contribution in [0.4, 0.5) is 4.79 Å². The molecule has 0 aromatic rings. The zero-order valence-electron chi connectivity index (χ0n) is 12.9. The molecule has 0 unspecified atom stereocenters. The van der Waals surface area contributed by atoms with Gasteiger partial charge >= 0.3 is 12.0 Å². The lowest BCUT2D eigenvalue weighted by Gasteiger charge is -2.36. The molecular weight excluding hydrogens is 270 g/mol. The predicted octanol–water partition coefficient (Wildman–Crippen LogP) is 1.56. The van der Waals surface area contributed by atoms with E-state index in [0.717, 1.165) is 51.6 Å². The van der Waals surface area contributed by atoms with Crippen molar-refractivity contribution in [3.8, 4) is 0 Å². The van der Waals surface area contributed by atoms with Crippen LogP contribution in [0.1, 0.15) is 51.4 Å². The van der Waals surface area contributed by atoms with E-state index in [0.29, 0.717) is 12.8 Å². The minimum Gasteiger partial charge on any atom is -0.480 e. The number of hydrogen-bond donors (Lipinski definition) is 3. The minimum atomic E-state index is -1.07. The SMILES string of the molecule is CN(C(=O)NC1(C(=O)O)CCCCCC1)C1CCNCC1. The molecule has 0 spiro atoms. The molecule has 1 saturated heterocycles. The van der Waals surface area contributed by atoms with Crippen molar-refractivity contribution in [1.29, 1.82) is 0 Å². The van der Waals surface area contributed by atoms with E-state index in [2.05, 4.69) is 10.6 Å². The van der Waals surface area contributed by atoms with E-state index >= 15 is 0 Å². The van der Waals surface area contributed by atoms with E-state index < -0.39 is 11.5 Å². The van der Waals surface area contributed by atoms with Crippen LogP contribution in [0.15, 0.2) is 0 Å². The van der Waals surface area contributed by atoms with Gasteiger partial charge in [0.15, 0.2) is 0 Å². The van der Waals surface area contributed by atoms with Crippen molar-refractivity contribution in [2.75, 3.05) is 20.1 Å². The van der Waals surface area contributed by atoms with Gasteiger partial charge in [-0.2, -0.15) is 0 Å². The van der Waals surface area contributed by atoms with Gasteiger partial charge in [0.05, 0.1) is 0 Å². The van der Waals surface area contributed by atoms with Crippen LogP contribution in [0, 0.1) is 0 Å². The third-order valence-electron chi connectivity index (χ3n) is 4.89. The van der Waals surface area contributed by atoms with E-state index in [9.17, 15) is 14.7 Å². The fraction of sp³-hybridized carbons (Fsp3) is 0.867. The zero-order valence-corrected chi connectivity index (χ0v) is 12.9. The fourth-order valence-corrected chi connectivity index (χ4v) is 3.38. The van der Waals surface area contributed by atoms with Gasteiger partial charge in [-0.1, -0.05) is 25.7 Å². The number of amides is 2. The second kappa shape index (κ2) is 7.11. The molecule has 1 heterocycles. The van der Waals surface area contributed by atoms with Crippen LogP contribution >= 0.6 is 0 Å². The van der Waals surface area contributed by atoms with E-state index in [4.69, 9.17) is 0 Å². The van der Waals surface area contributed by atoms with Gasteiger partial charge in [0, 0.05) is 13.1 Å². The average Bonchev–Trinajstić information content (AvgIpc) is 2.74. The van der Waals surface area contributed by atoms with Crippen LogP contribution in [-0.2, 0) is 4.79 Å². The lowest BCUT2D eigenvalue weighted by Crippen LogP contribution is -2.59. The Morgan fingerprint density at radius 3 is 2.24 bits per heavy atom. The Balaban J connectivity index is 2.01. The molecule has 0 aromatic carbocycles. The van der Waals surface area contributed by atoms with Crippen molar-refractivity contribution < 1.29 is 14.7 Å². The van der Waals surface area contributed by atoms with Crippen LogP contribution in [0.2, 0.25) is 0 Å². The van der Waals surface area contributed by atoms with Gasteiger partial charge in [0.2, 0.25) is 0 Å². The Bertz CT molecular complexity index is 372. The number of carboxylic acid groups (broad SMARTS) is 1. The van der Waals surface area contributed by atoms with Crippen LogP contribution in [0.5, 0.6) is 0 Å². The summed E-state index contributed by atoms with van der Waals surface area (Å²) in [5, 5.41) is 15.7. The number of hydrogen-bond acceptors (Lipinski definition) is 3. The van der Waals surface area contributed by atoms with Crippen molar-refractivity contribution >= 4 is 12.0 Å². The summed E-state index contributed by atoms with van der Waals surface area (Å²) in [5.41, 5.74) is -1.07. The maximum Gasteiger partial charge on any atom is 0.329 e. The van der Waals surface area contributed by atoms with Crippen LogP contribution < -0.4 is 10.6 Å². The quantitative estimate of drug-likeness (QED) is 0.690. The zero-order chi connectivity index (χ0) is 15.3. The third-order valence-corrected chi connectivity index (χ3v) is 4.89. The number of nitrogens with zero attached hydrogens (tertiary/aromatic N) is 1. The Morgan fingerprint density at radius 2 is 1.71 bits per heavy atom. The molecule has 2 aliphatic rings. The average molecular weight is 297 g/mol. The highest BCUT2D eigenvalue weighted by Crippen LogP contribution is 2.28. The molecular formula is C15H27N3O3. The summed E-state index contributed by atoms with van der Waals surface area (Å²) in [5.74, 6) is -0.892. The van der Waals surface area contributed by atoms with Crippen molar-refractivity contribution in [1.82, 2.24) is 15.5 Å². The minimum absolute atomic E-state index is 0.197. The molecule has 1 aliphatic heterocycles. The Labute approximate surface area is 126 Å². The molecule has 21 heavy (non-hydrogen) atoms. The largest absolute Gasteiger partial charge is 0.480 e. The number of piperidine rings is 1. The lowest BCUT2D eigenvalue weighted by atomic mass is 9.90. The van der Waals surface area contributed by atoms with E-state index in [1.165, 1.54) is 0 Å². The van der Waals surface area contributed by atoms with Crippen molar-refractivity contribution in [3.63, 3.8) is 0 Å². The molecule has 6 nitrogen and oxygen atoms in total. The molecule has 1 saturated carbocycles. The normalized spacial score (nSPS) is 23.1. The first-order valence-electron chi connectivity index (χ1n) is 8.04. The second-order valence-electron chi connectivity index (χ2n) is 6.32. The van der Waals surface area contributed by atoms with Crippen LogP contribution in [-0.4, -0.2) is 53.7 Å². The molecule has 2 fully saturated rings. The molecule has 2 rings (SSSR count). The molecule has 0 bridgehead atoms. The summed E-state index contributed by atoms with van der Waals surface area (Å²) in [6, 6.07) is -0.0472. The summed E-state index contributed by atoms with van der Waals surface area (Å²) in [6.45, 7) is 1.82. The maximum atomic E-state index is 12.5. The van der Waals surface area contributed by atoms with Crippen LogP contribution in [0.25, 0.3) is 0 Å². The second-order valence-corrected chi connectivity index (χ2v) is 6.32. The molecule has 0 atom stereocenters.